The zero-order chi connectivity index (χ0) is 20.7. The lowest BCUT2D eigenvalue weighted by atomic mass is 10.1. The number of hydrogen-bond donors (Lipinski definition) is 1. The summed E-state index contributed by atoms with van der Waals surface area (Å²) in [4.78, 5) is 12.6. The highest BCUT2D eigenvalue weighted by Crippen LogP contribution is 2.23. The molecular weight excluding hydrogens is 388 g/mol. The molecule has 29 heavy (non-hydrogen) atoms. The highest BCUT2D eigenvalue weighted by atomic mass is 32.2. The van der Waals surface area contributed by atoms with Gasteiger partial charge in [0.15, 0.2) is 0 Å². The number of piperidine rings is 1. The van der Waals surface area contributed by atoms with Gasteiger partial charge in [0.2, 0.25) is 15.9 Å². The van der Waals surface area contributed by atoms with Crippen LogP contribution in [-0.2, 0) is 21.2 Å². The van der Waals surface area contributed by atoms with E-state index in [-0.39, 0.29) is 16.8 Å². The lowest BCUT2D eigenvalue weighted by Crippen LogP contribution is -2.49. The Morgan fingerprint density at radius 3 is 2.55 bits per heavy atom. The maximum absolute atomic E-state index is 13.0. The van der Waals surface area contributed by atoms with Gasteiger partial charge < -0.3 is 10.1 Å². The first-order chi connectivity index (χ1) is 14.0. The Balaban J connectivity index is 1.57. The quantitative estimate of drug-likeness (QED) is 0.718. The van der Waals surface area contributed by atoms with Gasteiger partial charge in [0.1, 0.15) is 5.75 Å². The van der Waals surface area contributed by atoms with Crippen molar-refractivity contribution in [2.45, 2.75) is 43.5 Å². The average molecular weight is 417 g/mol. The van der Waals surface area contributed by atoms with Crippen molar-refractivity contribution in [2.75, 3.05) is 19.7 Å². The molecule has 1 aliphatic rings. The lowest BCUT2D eigenvalue weighted by molar-refractivity contribution is -0.122. The molecule has 7 heteroatoms. The van der Waals surface area contributed by atoms with Gasteiger partial charge in [-0.2, -0.15) is 4.31 Å². The molecule has 0 radical (unpaired) electrons. The molecule has 1 saturated heterocycles. The largest absolute Gasteiger partial charge is 0.494 e. The van der Waals surface area contributed by atoms with Crippen LogP contribution in [0.5, 0.6) is 5.75 Å². The van der Waals surface area contributed by atoms with Gasteiger partial charge in [0, 0.05) is 25.6 Å². The molecule has 1 fully saturated rings. The van der Waals surface area contributed by atoms with Gasteiger partial charge in [-0.3, -0.25) is 4.79 Å². The van der Waals surface area contributed by atoms with Gasteiger partial charge in [0.05, 0.1) is 11.5 Å². The number of ether oxygens (including phenoxy) is 1. The second kappa shape index (κ2) is 9.89. The number of sulfonamides is 1. The summed E-state index contributed by atoms with van der Waals surface area (Å²) in [5, 5.41) is 3.00. The van der Waals surface area contributed by atoms with E-state index in [0.29, 0.717) is 38.3 Å². The third kappa shape index (κ3) is 5.81. The van der Waals surface area contributed by atoms with Crippen LogP contribution in [-0.4, -0.2) is 44.4 Å². The molecule has 1 amide bonds. The van der Waals surface area contributed by atoms with Crippen LogP contribution in [0.2, 0.25) is 0 Å². The fourth-order valence-electron chi connectivity index (χ4n) is 3.50. The van der Waals surface area contributed by atoms with E-state index in [1.54, 1.807) is 24.3 Å². The van der Waals surface area contributed by atoms with E-state index in [0.717, 1.165) is 18.4 Å². The standard InChI is InChI=1S/C22H28N2O4S/c1-2-28-20-11-13-21(14-12-20)29(26,27)24-16-6-9-19(17-24)23-22(25)15-10-18-7-4-3-5-8-18/h3-5,7-8,11-14,19H,2,6,9-10,15-17H2,1H3,(H,23,25). The van der Waals surface area contributed by atoms with Crippen LogP contribution in [0.4, 0.5) is 0 Å². The topological polar surface area (TPSA) is 75.7 Å². The molecule has 1 aliphatic heterocycles. The van der Waals surface area contributed by atoms with Crippen molar-refractivity contribution in [1.82, 2.24) is 9.62 Å². The smallest absolute Gasteiger partial charge is 0.243 e. The Morgan fingerprint density at radius 1 is 1.14 bits per heavy atom. The van der Waals surface area contributed by atoms with E-state index in [4.69, 9.17) is 4.74 Å². The minimum Gasteiger partial charge on any atom is -0.494 e. The molecule has 0 aromatic heterocycles. The van der Waals surface area contributed by atoms with Gasteiger partial charge >= 0.3 is 0 Å². The summed E-state index contributed by atoms with van der Waals surface area (Å²) >= 11 is 0. The monoisotopic (exact) mass is 416 g/mol. The Labute approximate surface area is 172 Å². The maximum Gasteiger partial charge on any atom is 0.243 e. The normalized spacial score (nSPS) is 17.6. The van der Waals surface area contributed by atoms with E-state index in [1.807, 2.05) is 37.3 Å². The predicted octanol–water partition coefficient (Wildman–Crippen LogP) is 2.99. The molecule has 1 N–H and O–H groups in total. The van der Waals surface area contributed by atoms with Crippen LogP contribution in [0.3, 0.4) is 0 Å². The number of amides is 1. The minimum atomic E-state index is -3.59. The number of hydrogen-bond acceptors (Lipinski definition) is 4. The molecule has 2 aromatic carbocycles. The Kier molecular flexibility index (Phi) is 7.28. The van der Waals surface area contributed by atoms with Crippen LogP contribution in [0.25, 0.3) is 0 Å². The number of carbonyl (C=O) groups is 1. The molecule has 6 nitrogen and oxygen atoms in total. The first-order valence-electron chi connectivity index (χ1n) is 10.1. The lowest BCUT2D eigenvalue weighted by Gasteiger charge is -2.32. The summed E-state index contributed by atoms with van der Waals surface area (Å²) in [6.45, 7) is 3.18. The van der Waals surface area contributed by atoms with Gasteiger partial charge in [-0.1, -0.05) is 30.3 Å². The maximum atomic E-state index is 13.0. The Bertz CT molecular complexity index is 898. The van der Waals surface area contributed by atoms with Crippen molar-refractivity contribution in [3.63, 3.8) is 0 Å². The third-order valence-corrected chi connectivity index (χ3v) is 6.88. The summed E-state index contributed by atoms with van der Waals surface area (Å²) in [7, 11) is -3.59. The van der Waals surface area contributed by atoms with E-state index >= 15 is 0 Å². The van der Waals surface area contributed by atoms with Gasteiger partial charge in [-0.15, -0.1) is 0 Å². The van der Waals surface area contributed by atoms with E-state index in [2.05, 4.69) is 5.32 Å². The van der Waals surface area contributed by atoms with Crippen LogP contribution >= 0.6 is 0 Å². The fraction of sp³-hybridized carbons (Fsp3) is 0.409. The number of nitrogens with zero attached hydrogens (tertiary/aromatic N) is 1. The van der Waals surface area contributed by atoms with Gasteiger partial charge in [-0.25, -0.2) is 8.42 Å². The fourth-order valence-corrected chi connectivity index (χ4v) is 5.03. The predicted molar refractivity (Wildman–Crippen MR) is 112 cm³/mol. The zero-order valence-corrected chi connectivity index (χ0v) is 17.5. The van der Waals surface area contributed by atoms with E-state index in [1.165, 1.54) is 4.31 Å². The summed E-state index contributed by atoms with van der Waals surface area (Å²) < 4.78 is 32.8. The molecule has 156 valence electrons. The molecule has 1 atom stereocenters. The van der Waals surface area contributed by atoms with Crippen molar-refractivity contribution < 1.29 is 17.9 Å². The second-order valence-corrected chi connectivity index (χ2v) is 9.10. The average Bonchev–Trinajstić information content (AvgIpc) is 2.74. The molecule has 1 unspecified atom stereocenters. The molecule has 0 saturated carbocycles. The van der Waals surface area contributed by atoms with Crippen LogP contribution in [0, 0.1) is 0 Å². The SMILES string of the molecule is CCOc1ccc(S(=O)(=O)N2CCCC(NC(=O)CCc3ccccc3)C2)cc1. The number of benzene rings is 2. The van der Waals surface area contributed by atoms with Crippen LogP contribution < -0.4 is 10.1 Å². The summed E-state index contributed by atoms with van der Waals surface area (Å²) in [5.74, 6) is 0.604. The first-order valence-corrected chi connectivity index (χ1v) is 11.5. The van der Waals surface area contributed by atoms with Crippen molar-refractivity contribution in [2.24, 2.45) is 0 Å². The molecule has 1 heterocycles. The summed E-state index contributed by atoms with van der Waals surface area (Å²) in [6.07, 6.45) is 2.58. The summed E-state index contributed by atoms with van der Waals surface area (Å²) in [6, 6.07) is 16.2. The highest BCUT2D eigenvalue weighted by molar-refractivity contribution is 7.89. The van der Waals surface area contributed by atoms with Crippen molar-refractivity contribution >= 4 is 15.9 Å². The molecule has 0 spiro atoms. The molecule has 3 rings (SSSR count). The second-order valence-electron chi connectivity index (χ2n) is 7.16. The van der Waals surface area contributed by atoms with E-state index in [9.17, 15) is 13.2 Å². The Morgan fingerprint density at radius 2 is 1.86 bits per heavy atom. The number of aryl methyl sites for hydroxylation is 1. The van der Waals surface area contributed by atoms with E-state index < -0.39 is 10.0 Å². The number of nitrogens with one attached hydrogen (secondary N) is 1. The first kappa shape index (κ1) is 21.3. The summed E-state index contributed by atoms with van der Waals surface area (Å²) in [5.41, 5.74) is 1.12. The molecule has 0 bridgehead atoms. The molecular formula is C22H28N2O4S. The zero-order valence-electron chi connectivity index (χ0n) is 16.7. The van der Waals surface area contributed by atoms with Gasteiger partial charge in [-0.05, 0) is 56.0 Å². The minimum absolute atomic E-state index is 0.0424. The number of carbonyl (C=O) groups excluding carboxylic acids is 1. The van der Waals surface area contributed by atoms with Crippen molar-refractivity contribution in [3.05, 3.63) is 60.2 Å². The van der Waals surface area contributed by atoms with Crippen molar-refractivity contribution in [3.8, 4) is 5.75 Å². The van der Waals surface area contributed by atoms with Gasteiger partial charge in [0.25, 0.3) is 0 Å². The van der Waals surface area contributed by atoms with Crippen LogP contribution in [0.1, 0.15) is 31.7 Å². The number of rotatable bonds is 8. The van der Waals surface area contributed by atoms with Crippen molar-refractivity contribution in [1.29, 1.82) is 0 Å². The Hall–Kier alpha value is -2.38. The molecule has 0 aliphatic carbocycles. The van der Waals surface area contributed by atoms with Crippen LogP contribution in [0.15, 0.2) is 59.5 Å². The molecule has 2 aromatic rings. The highest BCUT2D eigenvalue weighted by Gasteiger charge is 2.30. The third-order valence-electron chi connectivity index (χ3n) is 5.01.